The highest BCUT2D eigenvalue weighted by Crippen LogP contribution is 2.31. The molecule has 1 aliphatic carbocycles. The van der Waals surface area contributed by atoms with E-state index in [0.717, 1.165) is 57.2 Å². The van der Waals surface area contributed by atoms with Crippen LogP contribution < -0.4 is 11.2 Å². The molecular formula is C26H31N3O3S. The van der Waals surface area contributed by atoms with Crippen LogP contribution in [-0.4, -0.2) is 33.0 Å². The van der Waals surface area contributed by atoms with Crippen LogP contribution >= 0.6 is 11.3 Å². The summed E-state index contributed by atoms with van der Waals surface area (Å²) < 4.78 is 3.81. The van der Waals surface area contributed by atoms with Gasteiger partial charge in [0.2, 0.25) is 5.91 Å². The average molecular weight is 466 g/mol. The molecule has 0 unspecified atom stereocenters. The number of piperidine rings is 1. The maximum absolute atomic E-state index is 13.4. The second-order valence-electron chi connectivity index (χ2n) is 9.51. The van der Waals surface area contributed by atoms with Gasteiger partial charge in [-0.15, -0.1) is 11.3 Å². The molecule has 1 aliphatic heterocycles. The van der Waals surface area contributed by atoms with Gasteiger partial charge in [-0.1, -0.05) is 30.3 Å². The molecule has 3 heterocycles. The highest BCUT2D eigenvalue weighted by molar-refractivity contribution is 7.17. The highest BCUT2D eigenvalue weighted by atomic mass is 32.1. The SMILES string of the molecule is O=C(C1CCC(Cn2c(=O)c3sccc3n(Cc3ccccc3)c2=O)CC1)N1CCCCC1. The Morgan fingerprint density at radius 1 is 0.909 bits per heavy atom. The zero-order chi connectivity index (χ0) is 22.8. The second-order valence-corrected chi connectivity index (χ2v) is 10.4. The molecule has 33 heavy (non-hydrogen) atoms. The summed E-state index contributed by atoms with van der Waals surface area (Å²) >= 11 is 1.40. The lowest BCUT2D eigenvalue weighted by molar-refractivity contribution is -0.137. The summed E-state index contributed by atoms with van der Waals surface area (Å²) in [5.41, 5.74) is 1.34. The minimum atomic E-state index is -0.235. The third-order valence-corrected chi connectivity index (χ3v) is 8.22. The third-order valence-electron chi connectivity index (χ3n) is 7.32. The smallest absolute Gasteiger partial charge is 0.331 e. The van der Waals surface area contributed by atoms with E-state index in [0.29, 0.717) is 29.2 Å². The van der Waals surface area contributed by atoms with Gasteiger partial charge in [0.25, 0.3) is 5.56 Å². The predicted molar refractivity (Wildman–Crippen MR) is 132 cm³/mol. The number of likely N-dealkylation sites (tertiary alicyclic amines) is 1. The van der Waals surface area contributed by atoms with Crippen LogP contribution in [0.1, 0.15) is 50.5 Å². The van der Waals surface area contributed by atoms with Crippen molar-refractivity contribution < 1.29 is 4.79 Å². The van der Waals surface area contributed by atoms with E-state index >= 15 is 0 Å². The molecule has 2 fully saturated rings. The van der Waals surface area contributed by atoms with Crippen molar-refractivity contribution in [2.75, 3.05) is 13.1 Å². The van der Waals surface area contributed by atoms with Crippen LogP contribution in [0.2, 0.25) is 0 Å². The summed E-state index contributed by atoms with van der Waals surface area (Å²) in [5.74, 6) is 0.671. The van der Waals surface area contributed by atoms with Gasteiger partial charge in [-0.2, -0.15) is 0 Å². The molecule has 1 saturated heterocycles. The number of carbonyl (C=O) groups is 1. The number of hydrogen-bond acceptors (Lipinski definition) is 4. The fourth-order valence-corrected chi connectivity index (χ4v) is 6.28. The number of fused-ring (bicyclic) bond motifs is 1. The second kappa shape index (κ2) is 9.67. The molecule has 3 aromatic rings. The summed E-state index contributed by atoms with van der Waals surface area (Å²) in [6, 6.07) is 11.8. The van der Waals surface area contributed by atoms with Crippen molar-refractivity contribution >= 4 is 27.5 Å². The molecule has 6 nitrogen and oxygen atoms in total. The summed E-state index contributed by atoms with van der Waals surface area (Å²) in [4.78, 5) is 41.5. The summed E-state index contributed by atoms with van der Waals surface area (Å²) in [7, 11) is 0. The fourth-order valence-electron chi connectivity index (χ4n) is 5.44. The number of benzene rings is 1. The number of amides is 1. The molecule has 2 aliphatic rings. The van der Waals surface area contributed by atoms with Crippen molar-refractivity contribution in [1.82, 2.24) is 14.0 Å². The first-order chi connectivity index (χ1) is 16.1. The number of aromatic nitrogens is 2. The van der Waals surface area contributed by atoms with Gasteiger partial charge < -0.3 is 4.90 Å². The normalized spacial score (nSPS) is 21.4. The Morgan fingerprint density at radius 3 is 2.36 bits per heavy atom. The molecule has 5 rings (SSSR count). The van der Waals surface area contributed by atoms with Crippen LogP contribution in [0, 0.1) is 11.8 Å². The molecule has 0 bridgehead atoms. The van der Waals surface area contributed by atoms with E-state index in [2.05, 4.69) is 0 Å². The van der Waals surface area contributed by atoms with Crippen molar-refractivity contribution in [3.8, 4) is 0 Å². The van der Waals surface area contributed by atoms with Crippen molar-refractivity contribution in [3.05, 3.63) is 68.2 Å². The van der Waals surface area contributed by atoms with E-state index < -0.39 is 0 Å². The molecule has 0 atom stereocenters. The highest BCUT2D eigenvalue weighted by Gasteiger charge is 2.30. The molecule has 2 aromatic heterocycles. The number of thiophene rings is 1. The first kappa shape index (κ1) is 22.1. The summed E-state index contributed by atoms with van der Waals surface area (Å²) in [6.45, 7) is 2.68. The first-order valence-corrected chi connectivity index (χ1v) is 13.0. The Balaban J connectivity index is 1.34. The third kappa shape index (κ3) is 4.56. The van der Waals surface area contributed by atoms with E-state index in [-0.39, 0.29) is 23.1 Å². The number of carbonyl (C=O) groups excluding carboxylic acids is 1. The predicted octanol–water partition coefficient (Wildman–Crippen LogP) is 4.09. The minimum Gasteiger partial charge on any atom is -0.342 e. The lowest BCUT2D eigenvalue weighted by atomic mass is 9.81. The van der Waals surface area contributed by atoms with Crippen molar-refractivity contribution in [2.24, 2.45) is 11.8 Å². The van der Waals surface area contributed by atoms with E-state index in [1.165, 1.54) is 22.3 Å². The van der Waals surface area contributed by atoms with Gasteiger partial charge in [0.15, 0.2) is 0 Å². The van der Waals surface area contributed by atoms with Crippen LogP contribution in [0.3, 0.4) is 0 Å². The van der Waals surface area contributed by atoms with E-state index in [1.54, 1.807) is 4.57 Å². The quantitative estimate of drug-likeness (QED) is 0.570. The van der Waals surface area contributed by atoms with Crippen molar-refractivity contribution in [3.63, 3.8) is 0 Å². The number of nitrogens with zero attached hydrogens (tertiary/aromatic N) is 3. The Morgan fingerprint density at radius 2 is 1.64 bits per heavy atom. The number of hydrogen-bond donors (Lipinski definition) is 0. The molecule has 7 heteroatoms. The van der Waals surface area contributed by atoms with Crippen LogP contribution in [0.15, 0.2) is 51.4 Å². The Bertz CT molecular complexity index is 1230. The van der Waals surface area contributed by atoms with Crippen molar-refractivity contribution in [2.45, 2.75) is 58.0 Å². The number of rotatable bonds is 5. The topological polar surface area (TPSA) is 64.3 Å². The van der Waals surface area contributed by atoms with Crippen LogP contribution in [-0.2, 0) is 17.9 Å². The van der Waals surface area contributed by atoms with Crippen LogP contribution in [0.25, 0.3) is 10.2 Å². The van der Waals surface area contributed by atoms with Crippen LogP contribution in [0.4, 0.5) is 0 Å². The molecule has 0 N–H and O–H groups in total. The Hall–Kier alpha value is -2.67. The van der Waals surface area contributed by atoms with E-state index in [1.807, 2.05) is 46.7 Å². The van der Waals surface area contributed by atoms with Gasteiger partial charge in [-0.05, 0) is 67.9 Å². The average Bonchev–Trinajstić information content (AvgIpc) is 3.36. The van der Waals surface area contributed by atoms with Crippen LogP contribution in [0.5, 0.6) is 0 Å². The van der Waals surface area contributed by atoms with Gasteiger partial charge in [0.05, 0.1) is 12.1 Å². The van der Waals surface area contributed by atoms with Gasteiger partial charge in [0, 0.05) is 25.6 Å². The maximum Gasteiger partial charge on any atom is 0.331 e. The zero-order valence-corrected chi connectivity index (χ0v) is 19.8. The summed E-state index contributed by atoms with van der Waals surface area (Å²) in [6.07, 6.45) is 6.94. The minimum absolute atomic E-state index is 0.102. The molecule has 0 spiro atoms. The monoisotopic (exact) mass is 465 g/mol. The van der Waals surface area contributed by atoms with Gasteiger partial charge in [-0.25, -0.2) is 4.79 Å². The maximum atomic E-state index is 13.4. The zero-order valence-electron chi connectivity index (χ0n) is 18.9. The lowest BCUT2D eigenvalue weighted by Crippen LogP contribution is -2.43. The van der Waals surface area contributed by atoms with E-state index in [9.17, 15) is 14.4 Å². The first-order valence-electron chi connectivity index (χ1n) is 12.2. The molecule has 174 valence electrons. The van der Waals surface area contributed by atoms with Gasteiger partial charge >= 0.3 is 5.69 Å². The standard InChI is InChI=1S/C26H31N3O3S/c30-24(27-14-5-2-6-15-27)21-11-9-20(10-12-21)18-29-25(31)23-22(13-16-33-23)28(26(29)32)17-19-7-3-1-4-8-19/h1,3-4,7-8,13,16,20-21H,2,5-6,9-12,14-15,17-18H2. The lowest BCUT2D eigenvalue weighted by Gasteiger charge is -2.34. The summed E-state index contributed by atoms with van der Waals surface area (Å²) in [5, 5.41) is 1.88. The largest absolute Gasteiger partial charge is 0.342 e. The molecular weight excluding hydrogens is 434 g/mol. The fraction of sp³-hybridized carbons (Fsp3) is 0.500. The molecule has 1 amide bonds. The molecule has 1 aromatic carbocycles. The van der Waals surface area contributed by atoms with E-state index in [4.69, 9.17) is 0 Å². The molecule has 1 saturated carbocycles. The molecule has 0 radical (unpaired) electrons. The van der Waals surface area contributed by atoms with Gasteiger partial charge in [0.1, 0.15) is 4.70 Å². The Labute approximate surface area is 197 Å². The Kier molecular flexibility index (Phi) is 6.49. The van der Waals surface area contributed by atoms with Crippen molar-refractivity contribution in [1.29, 1.82) is 0 Å². The van der Waals surface area contributed by atoms with Gasteiger partial charge in [-0.3, -0.25) is 18.7 Å².